The molecular weight excluding hydrogens is 315 g/mol. The van der Waals surface area contributed by atoms with Gasteiger partial charge in [-0.15, -0.1) is 0 Å². The summed E-state index contributed by atoms with van der Waals surface area (Å²) >= 11 is 0. The molecule has 1 aliphatic rings. The molecule has 25 heavy (non-hydrogen) atoms. The van der Waals surface area contributed by atoms with Gasteiger partial charge in [-0.05, 0) is 61.9 Å². The van der Waals surface area contributed by atoms with E-state index in [1.165, 1.54) is 43.2 Å². The van der Waals surface area contributed by atoms with Crippen LogP contribution in [0.15, 0.2) is 54.6 Å². The van der Waals surface area contributed by atoms with Gasteiger partial charge in [0.05, 0.1) is 0 Å². The highest BCUT2D eigenvalue weighted by Gasteiger charge is 2.29. The lowest BCUT2D eigenvalue weighted by molar-refractivity contribution is -0.122. The summed E-state index contributed by atoms with van der Waals surface area (Å²) in [5, 5.41) is 0. The number of carbonyl (C=O) groups is 2. The van der Waals surface area contributed by atoms with Gasteiger partial charge in [0.1, 0.15) is 11.6 Å². The molecule has 0 aromatic heterocycles. The summed E-state index contributed by atoms with van der Waals surface area (Å²) in [5.41, 5.74) is 1.95. The van der Waals surface area contributed by atoms with Crippen LogP contribution in [-0.2, 0) is 4.79 Å². The minimum Gasteiger partial charge on any atom is -0.299 e. The highest BCUT2D eigenvalue weighted by atomic mass is 19.1. The first kappa shape index (κ1) is 19.0. The van der Waals surface area contributed by atoms with Crippen LogP contribution in [0.1, 0.15) is 61.4 Å². The molecule has 2 aromatic carbocycles. The number of Topliss-reactive ketones (excluding diaryl/α,β-unsaturated/α-hetero) is 2. The Morgan fingerprint density at radius 2 is 1.64 bits per heavy atom. The predicted octanol–water partition coefficient (Wildman–Crippen LogP) is 5.58. The van der Waals surface area contributed by atoms with Crippen molar-refractivity contribution >= 4 is 11.6 Å². The molecule has 0 unspecified atom stereocenters. The Labute approximate surface area is 149 Å². The minimum absolute atomic E-state index is 0.0417. The molecule has 0 heterocycles. The summed E-state index contributed by atoms with van der Waals surface area (Å²) in [7, 11) is 0. The SMILES string of the molecule is CC(=O)c1ccc(F)cc1.CCC(=O)[C@@H]1CC[C@H](c2ccccc2)C1. The number of ketones is 2. The Balaban J connectivity index is 0.000000196. The van der Waals surface area contributed by atoms with Gasteiger partial charge < -0.3 is 0 Å². The molecule has 1 saturated carbocycles. The molecule has 3 heteroatoms. The second-order valence-corrected chi connectivity index (χ2v) is 6.50. The van der Waals surface area contributed by atoms with Gasteiger partial charge in [0, 0.05) is 17.9 Å². The van der Waals surface area contributed by atoms with Crippen molar-refractivity contribution in [1.82, 2.24) is 0 Å². The van der Waals surface area contributed by atoms with E-state index in [0.717, 1.165) is 12.8 Å². The Morgan fingerprint density at radius 3 is 2.20 bits per heavy atom. The van der Waals surface area contributed by atoms with Gasteiger partial charge in [-0.1, -0.05) is 37.3 Å². The Morgan fingerprint density at radius 1 is 1.00 bits per heavy atom. The number of carbonyl (C=O) groups excluding carboxylic acids is 2. The van der Waals surface area contributed by atoms with Gasteiger partial charge in [0.15, 0.2) is 5.78 Å². The van der Waals surface area contributed by atoms with Crippen LogP contribution in [0, 0.1) is 11.7 Å². The molecule has 0 saturated heterocycles. The van der Waals surface area contributed by atoms with Crippen LogP contribution < -0.4 is 0 Å². The number of hydrogen-bond acceptors (Lipinski definition) is 2. The van der Waals surface area contributed by atoms with Gasteiger partial charge in [-0.2, -0.15) is 0 Å². The van der Waals surface area contributed by atoms with Crippen LogP contribution >= 0.6 is 0 Å². The maximum absolute atomic E-state index is 12.2. The Bertz CT molecular complexity index is 692. The lowest BCUT2D eigenvalue weighted by atomic mass is 9.94. The average molecular weight is 340 g/mol. The Kier molecular flexibility index (Phi) is 7.05. The van der Waals surface area contributed by atoms with Gasteiger partial charge in [0.25, 0.3) is 0 Å². The van der Waals surface area contributed by atoms with E-state index in [9.17, 15) is 14.0 Å². The van der Waals surface area contributed by atoms with Crippen molar-refractivity contribution in [3.63, 3.8) is 0 Å². The second kappa shape index (κ2) is 9.26. The molecule has 1 aliphatic carbocycles. The molecule has 132 valence electrons. The molecule has 0 spiro atoms. The van der Waals surface area contributed by atoms with Crippen molar-refractivity contribution < 1.29 is 14.0 Å². The third-order valence-corrected chi connectivity index (χ3v) is 4.76. The van der Waals surface area contributed by atoms with Crippen molar-refractivity contribution in [3.8, 4) is 0 Å². The molecule has 0 bridgehead atoms. The lowest BCUT2D eigenvalue weighted by Gasteiger charge is -2.10. The van der Waals surface area contributed by atoms with Gasteiger partial charge in [0.2, 0.25) is 0 Å². The van der Waals surface area contributed by atoms with Gasteiger partial charge >= 0.3 is 0 Å². The fraction of sp³-hybridized carbons (Fsp3) is 0.364. The zero-order chi connectivity index (χ0) is 18.2. The quantitative estimate of drug-likeness (QED) is 0.681. The smallest absolute Gasteiger partial charge is 0.159 e. The standard InChI is InChI=1S/C14H18O.C8H7FO/c1-2-14(15)13-9-8-12(10-13)11-6-4-3-5-7-11;1-6(10)7-2-4-8(9)5-3-7/h3-7,12-13H,2,8-10H2,1H3;2-5H,1H3/t12-,13+;/m0./s1. The summed E-state index contributed by atoms with van der Waals surface area (Å²) in [6.45, 7) is 3.42. The van der Waals surface area contributed by atoms with Crippen LogP contribution in [0.5, 0.6) is 0 Å². The maximum atomic E-state index is 12.2. The van der Waals surface area contributed by atoms with Crippen molar-refractivity contribution in [2.75, 3.05) is 0 Å². The third-order valence-electron chi connectivity index (χ3n) is 4.76. The van der Waals surface area contributed by atoms with Crippen LogP contribution in [0.25, 0.3) is 0 Å². The first-order chi connectivity index (χ1) is 12.0. The highest BCUT2D eigenvalue weighted by Crippen LogP contribution is 2.38. The minimum atomic E-state index is -0.315. The largest absolute Gasteiger partial charge is 0.299 e. The topological polar surface area (TPSA) is 34.1 Å². The van der Waals surface area contributed by atoms with Crippen molar-refractivity contribution in [2.24, 2.45) is 5.92 Å². The molecule has 0 aliphatic heterocycles. The molecule has 2 aromatic rings. The molecule has 2 atom stereocenters. The van der Waals surface area contributed by atoms with E-state index < -0.39 is 0 Å². The molecular formula is C22H25FO2. The van der Waals surface area contributed by atoms with Crippen LogP contribution in [0.4, 0.5) is 4.39 Å². The summed E-state index contributed by atoms with van der Waals surface area (Å²) in [5.74, 6) is 1.05. The maximum Gasteiger partial charge on any atom is 0.159 e. The predicted molar refractivity (Wildman–Crippen MR) is 98.2 cm³/mol. The zero-order valence-corrected chi connectivity index (χ0v) is 14.9. The average Bonchev–Trinajstić information content (AvgIpc) is 3.13. The van der Waals surface area contributed by atoms with E-state index in [0.29, 0.717) is 29.6 Å². The van der Waals surface area contributed by atoms with E-state index in [2.05, 4.69) is 24.3 Å². The lowest BCUT2D eigenvalue weighted by Crippen LogP contribution is -2.09. The zero-order valence-electron chi connectivity index (χ0n) is 14.9. The summed E-state index contributed by atoms with van der Waals surface area (Å²) in [4.78, 5) is 22.2. The van der Waals surface area contributed by atoms with E-state index in [1.54, 1.807) is 0 Å². The second-order valence-electron chi connectivity index (χ2n) is 6.50. The summed E-state index contributed by atoms with van der Waals surface area (Å²) in [6, 6.07) is 16.1. The first-order valence-corrected chi connectivity index (χ1v) is 8.85. The fourth-order valence-corrected chi connectivity index (χ4v) is 3.28. The summed E-state index contributed by atoms with van der Waals surface area (Å²) in [6.07, 6.45) is 4.04. The highest BCUT2D eigenvalue weighted by molar-refractivity contribution is 5.93. The molecule has 0 N–H and O–H groups in total. The number of hydrogen-bond donors (Lipinski definition) is 0. The van der Waals surface area contributed by atoms with Gasteiger partial charge in [-0.25, -0.2) is 4.39 Å². The van der Waals surface area contributed by atoms with Crippen LogP contribution in [0.2, 0.25) is 0 Å². The van der Waals surface area contributed by atoms with Crippen molar-refractivity contribution in [1.29, 1.82) is 0 Å². The molecule has 0 amide bonds. The van der Waals surface area contributed by atoms with E-state index >= 15 is 0 Å². The van der Waals surface area contributed by atoms with Crippen LogP contribution in [-0.4, -0.2) is 11.6 Å². The Hall–Kier alpha value is -2.29. The number of rotatable bonds is 4. The summed E-state index contributed by atoms with van der Waals surface area (Å²) < 4.78 is 12.2. The monoisotopic (exact) mass is 340 g/mol. The van der Waals surface area contributed by atoms with Gasteiger partial charge in [-0.3, -0.25) is 9.59 Å². The van der Waals surface area contributed by atoms with Crippen molar-refractivity contribution in [3.05, 3.63) is 71.5 Å². The van der Waals surface area contributed by atoms with Crippen molar-refractivity contribution in [2.45, 2.75) is 45.4 Å². The first-order valence-electron chi connectivity index (χ1n) is 8.85. The number of benzene rings is 2. The third kappa shape index (κ3) is 5.63. The number of halogens is 1. The molecule has 2 nitrogen and oxygen atoms in total. The van der Waals surface area contributed by atoms with E-state index in [1.807, 2.05) is 13.0 Å². The van der Waals surface area contributed by atoms with Crippen LogP contribution in [0.3, 0.4) is 0 Å². The fourth-order valence-electron chi connectivity index (χ4n) is 3.28. The molecule has 0 radical (unpaired) electrons. The van der Waals surface area contributed by atoms with E-state index in [-0.39, 0.29) is 11.6 Å². The molecule has 3 rings (SSSR count). The normalized spacial score (nSPS) is 19.0. The molecule has 1 fully saturated rings. The van der Waals surface area contributed by atoms with E-state index in [4.69, 9.17) is 0 Å².